The van der Waals surface area contributed by atoms with Gasteiger partial charge in [0.15, 0.2) is 5.13 Å². The molecule has 0 bridgehead atoms. The number of allylic oxidation sites excluding steroid dienone is 2. The Morgan fingerprint density at radius 2 is 2.18 bits per heavy atom. The van der Waals surface area contributed by atoms with Crippen LogP contribution in [-0.4, -0.2) is 61.8 Å². The number of thioether (sulfide) groups is 1. The molecule has 202 valence electrons. The maximum Gasteiger partial charge on any atom is 0.313 e. The number of amides is 2. The zero-order valence-electron chi connectivity index (χ0n) is 20.1. The second-order valence-corrected chi connectivity index (χ2v) is 10.3. The van der Waals surface area contributed by atoms with Crippen molar-refractivity contribution in [1.82, 2.24) is 24.8 Å². The summed E-state index contributed by atoms with van der Waals surface area (Å²) in [6.45, 7) is 0.310. The van der Waals surface area contributed by atoms with E-state index in [1.54, 1.807) is 46.6 Å². The summed E-state index contributed by atoms with van der Waals surface area (Å²) in [6, 6.07) is 2.22. The third kappa shape index (κ3) is 4.65. The van der Waals surface area contributed by atoms with Crippen LogP contribution in [0.15, 0.2) is 58.5 Å². The molecule has 14 nitrogen and oxygen atoms in total. The van der Waals surface area contributed by atoms with Crippen molar-refractivity contribution in [2.45, 2.75) is 23.2 Å². The number of carboxylic acid groups (broad SMARTS) is 1. The first kappa shape index (κ1) is 26.1. The number of carbonyl (C=O) groups is 3. The number of thiazole rings is 1. The molecule has 2 aliphatic heterocycles. The molecule has 0 aliphatic carbocycles. The minimum absolute atomic E-state index is 0.243. The smallest absolute Gasteiger partial charge is 0.313 e. The van der Waals surface area contributed by atoms with Crippen LogP contribution in [0.4, 0.5) is 15.3 Å². The summed E-state index contributed by atoms with van der Waals surface area (Å²) in [4.78, 5) is 47.0. The molecule has 0 aromatic carbocycles. The van der Waals surface area contributed by atoms with Gasteiger partial charge >= 0.3 is 17.5 Å². The minimum atomic E-state index is -1.60. The minimum Gasteiger partial charge on any atom is -0.543 e. The number of hydrogen-bond acceptors (Lipinski definition) is 12. The van der Waals surface area contributed by atoms with Crippen LogP contribution in [0.2, 0.25) is 0 Å². The zero-order valence-corrected chi connectivity index (χ0v) is 21.7. The van der Waals surface area contributed by atoms with E-state index in [1.807, 2.05) is 4.57 Å². The Bertz CT molecular complexity index is 1580. The zero-order chi connectivity index (χ0) is 27.8. The molecule has 0 saturated carbocycles. The first-order valence-corrected chi connectivity index (χ1v) is 13.0. The molecule has 3 aromatic heterocycles. The summed E-state index contributed by atoms with van der Waals surface area (Å²) in [5.41, 5.74) is 12.8. The second kappa shape index (κ2) is 10.3. The van der Waals surface area contributed by atoms with E-state index < -0.39 is 40.4 Å². The van der Waals surface area contributed by atoms with Crippen molar-refractivity contribution >= 4 is 63.4 Å². The number of carboxylic acids is 1. The summed E-state index contributed by atoms with van der Waals surface area (Å²) in [7, 11) is 1.06. The van der Waals surface area contributed by atoms with Gasteiger partial charge in [-0.15, -0.1) is 23.1 Å². The summed E-state index contributed by atoms with van der Waals surface area (Å²) < 4.78 is 17.2. The van der Waals surface area contributed by atoms with Crippen molar-refractivity contribution in [2.24, 2.45) is 5.16 Å². The normalized spacial score (nSPS) is 21.3. The molecule has 17 heteroatoms. The molecule has 2 unspecified atom stereocenters. The van der Waals surface area contributed by atoms with Crippen molar-refractivity contribution < 1.29 is 33.3 Å². The van der Waals surface area contributed by atoms with Crippen LogP contribution in [0.3, 0.4) is 0 Å². The predicted octanol–water partition coefficient (Wildman–Crippen LogP) is -1.13. The van der Waals surface area contributed by atoms with Crippen molar-refractivity contribution in [1.29, 1.82) is 0 Å². The lowest BCUT2D eigenvalue weighted by Crippen LogP contribution is -2.71. The summed E-state index contributed by atoms with van der Waals surface area (Å²) in [6.07, 6.45) is 6.65. The fourth-order valence-corrected chi connectivity index (χ4v) is 6.50. The summed E-state index contributed by atoms with van der Waals surface area (Å²) in [5, 5.41) is 22.0. The maximum atomic E-state index is 13.8. The molecule has 0 radical (unpaired) electrons. The lowest BCUT2D eigenvalue weighted by Gasteiger charge is -2.52. The number of hydrogen-bond donors (Lipinski definition) is 3. The predicted molar refractivity (Wildman–Crippen MR) is 136 cm³/mol. The van der Waals surface area contributed by atoms with Crippen LogP contribution in [0.5, 0.6) is 0 Å². The van der Waals surface area contributed by atoms with E-state index in [-0.39, 0.29) is 16.4 Å². The number of nitrogens with zero attached hydrogens (tertiary/aromatic N) is 6. The fraction of sp³-hybridized carbons (Fsp3) is 0.227. The van der Waals surface area contributed by atoms with Gasteiger partial charge < -0.3 is 31.5 Å². The standard InChI is InChI=1S/C22H20FN9O5S2/c1-37-29-17(23)18(33)28-14-19(34)31-15(21(35)36)10(16(39-20(14)31)11-9-38-22(25)27-11)3-2-7-30-8-5-12(24)32-13(30)4-6-26-32/h2-6,8-9,14,16,20,24H,7H2,1H3,(H4,25,27,28,33,35,36)/t14?,16?,20-/m0/s1. The van der Waals surface area contributed by atoms with Gasteiger partial charge in [-0.3, -0.25) is 14.5 Å². The van der Waals surface area contributed by atoms with Gasteiger partial charge in [0.2, 0.25) is 5.82 Å². The molecule has 3 aromatic rings. The number of halogens is 1. The van der Waals surface area contributed by atoms with Gasteiger partial charge in [-0.2, -0.15) is 4.39 Å². The van der Waals surface area contributed by atoms with E-state index in [1.165, 1.54) is 0 Å². The Kier molecular flexibility index (Phi) is 6.92. The van der Waals surface area contributed by atoms with E-state index in [2.05, 4.69) is 25.4 Å². The fourth-order valence-electron chi connectivity index (χ4n) is 4.28. The van der Waals surface area contributed by atoms with E-state index in [0.29, 0.717) is 23.7 Å². The highest BCUT2D eigenvalue weighted by Crippen LogP contribution is 2.51. The van der Waals surface area contributed by atoms with Crippen molar-refractivity contribution in [3.63, 3.8) is 0 Å². The number of carbonyl (C=O) groups excluding carboxylic acids is 3. The third-order valence-electron chi connectivity index (χ3n) is 5.95. The molecule has 1 saturated heterocycles. The number of fused-ring (bicyclic) bond motifs is 2. The quantitative estimate of drug-likeness (QED) is 0.128. The molecular formula is C22H20FN9O5S2. The van der Waals surface area contributed by atoms with Crippen LogP contribution < -0.4 is 26.5 Å². The molecule has 2 amide bonds. The van der Waals surface area contributed by atoms with E-state index >= 15 is 0 Å². The molecule has 0 spiro atoms. The van der Waals surface area contributed by atoms with Crippen LogP contribution in [0, 0.1) is 0 Å². The number of anilines is 2. The first-order valence-electron chi connectivity index (χ1n) is 11.2. The van der Waals surface area contributed by atoms with Gasteiger partial charge in [-0.25, -0.2) is 9.55 Å². The molecule has 2 aliphatic rings. The number of nitrogen functional groups attached to an aromatic ring is 2. The Morgan fingerprint density at radius 1 is 1.38 bits per heavy atom. The second-order valence-electron chi connectivity index (χ2n) is 8.23. The Balaban J connectivity index is 1.50. The molecule has 3 atom stereocenters. The number of aliphatic carboxylic acids is 1. The van der Waals surface area contributed by atoms with Gasteiger partial charge in [-0.1, -0.05) is 15.7 Å². The topological polar surface area (TPSA) is 197 Å². The number of nitrogens with two attached hydrogens (primary N) is 2. The lowest BCUT2D eigenvalue weighted by atomic mass is 9.99. The van der Waals surface area contributed by atoms with Gasteiger partial charge in [0.1, 0.15) is 25.1 Å². The van der Waals surface area contributed by atoms with Gasteiger partial charge in [0.05, 0.1) is 41.1 Å². The molecule has 1 fully saturated rings. The van der Waals surface area contributed by atoms with E-state index in [9.17, 15) is 23.9 Å². The van der Waals surface area contributed by atoms with Crippen LogP contribution in [0.1, 0.15) is 10.9 Å². The first-order chi connectivity index (χ1) is 18.7. The van der Waals surface area contributed by atoms with Gasteiger partial charge in [-0.05, 0) is 16.8 Å². The number of rotatable bonds is 8. The van der Waals surface area contributed by atoms with Gasteiger partial charge in [0, 0.05) is 11.4 Å². The highest BCUT2D eigenvalue weighted by Gasteiger charge is 2.55. The maximum absolute atomic E-state index is 13.8. The molecular weight excluding hydrogens is 553 g/mol. The average Bonchev–Trinajstić information content (AvgIpc) is 3.58. The molecule has 39 heavy (non-hydrogen) atoms. The Hall–Kier alpha value is -4.51. The van der Waals surface area contributed by atoms with Crippen molar-refractivity contribution in [3.05, 3.63) is 59.0 Å². The van der Waals surface area contributed by atoms with Crippen LogP contribution >= 0.6 is 23.1 Å². The highest BCUT2D eigenvalue weighted by atomic mass is 32.2. The van der Waals surface area contributed by atoms with Crippen molar-refractivity contribution in [3.8, 4) is 0 Å². The van der Waals surface area contributed by atoms with Gasteiger partial charge in [0.25, 0.3) is 5.91 Å². The Labute approximate surface area is 227 Å². The SMILES string of the molecule is CON=C(F)C(=O)NC1C(=O)N2C(C(=O)[O-])=C(C=CC[n+]3ccc(N)n4nccc43)C(c3csc(N)n3)S[C@@H]12. The van der Waals surface area contributed by atoms with Crippen molar-refractivity contribution in [2.75, 3.05) is 18.6 Å². The summed E-state index contributed by atoms with van der Waals surface area (Å²) in [5.74, 6) is -4.67. The largest absolute Gasteiger partial charge is 0.543 e. The molecule has 5 rings (SSSR count). The Morgan fingerprint density at radius 3 is 2.87 bits per heavy atom. The average molecular weight is 574 g/mol. The number of aromatic nitrogens is 4. The number of nitrogens with one attached hydrogen (secondary N) is 1. The highest BCUT2D eigenvalue weighted by molar-refractivity contribution is 8.00. The third-order valence-corrected chi connectivity index (χ3v) is 8.17. The van der Waals surface area contributed by atoms with Crippen LogP contribution in [-0.2, 0) is 25.8 Å². The van der Waals surface area contributed by atoms with E-state index in [0.717, 1.165) is 35.1 Å². The number of oxime groups is 1. The molecule has 5 N–H and O–H groups in total. The lowest BCUT2D eigenvalue weighted by molar-refractivity contribution is -0.664. The monoisotopic (exact) mass is 573 g/mol. The number of β-lactam (4-membered cyclic amide) rings is 1. The summed E-state index contributed by atoms with van der Waals surface area (Å²) >= 11 is 2.32. The van der Waals surface area contributed by atoms with E-state index in [4.69, 9.17) is 11.5 Å². The van der Waals surface area contributed by atoms with Crippen LogP contribution in [0.25, 0.3) is 5.65 Å². The molecule has 5 heterocycles.